The van der Waals surface area contributed by atoms with Crippen LogP contribution < -0.4 is 21.1 Å². The van der Waals surface area contributed by atoms with Crippen LogP contribution in [-0.4, -0.2) is 31.2 Å². The highest BCUT2D eigenvalue weighted by molar-refractivity contribution is 7.89. The van der Waals surface area contributed by atoms with E-state index in [9.17, 15) is 26.2 Å². The molecule has 33 heavy (non-hydrogen) atoms. The number of hydrogen-bond donors (Lipinski definition) is 3. The van der Waals surface area contributed by atoms with Gasteiger partial charge in [-0.2, -0.15) is 18.2 Å². The normalized spacial score (nSPS) is 12.3. The summed E-state index contributed by atoms with van der Waals surface area (Å²) < 4.78 is 74.2. The zero-order valence-electron chi connectivity index (χ0n) is 17.0. The molecule has 0 aliphatic heterocycles. The minimum atomic E-state index is -4.67. The molecule has 1 aromatic heterocycles. The third-order valence-corrected chi connectivity index (χ3v) is 6.27. The molecule has 4 N–H and O–H groups in total. The van der Waals surface area contributed by atoms with Crippen LogP contribution in [-0.2, 0) is 27.2 Å². The number of hydrogen-bond acceptors (Lipinski definition) is 7. The van der Waals surface area contributed by atoms with Gasteiger partial charge in [0.2, 0.25) is 16.0 Å². The van der Waals surface area contributed by atoms with Crippen molar-refractivity contribution >= 4 is 46.5 Å². The Kier molecular flexibility index (Phi) is 7.21. The minimum Gasteiger partial charge on any atom is -0.369 e. The Hall–Kier alpha value is -3.21. The van der Waals surface area contributed by atoms with E-state index >= 15 is 0 Å². The Morgan fingerprint density at radius 2 is 1.70 bits per heavy atom. The average Bonchev–Trinajstić information content (AvgIpc) is 2.73. The molecular weight excluding hydrogens is 478 g/mol. The van der Waals surface area contributed by atoms with Gasteiger partial charge in [0.1, 0.15) is 18.8 Å². The number of benzene rings is 2. The lowest BCUT2D eigenvalue weighted by atomic mass is 10.1. The van der Waals surface area contributed by atoms with Crippen molar-refractivity contribution in [3.8, 4) is 0 Å². The van der Waals surface area contributed by atoms with Crippen molar-refractivity contribution in [2.24, 2.45) is 5.14 Å². The maximum absolute atomic E-state index is 13.4. The third kappa shape index (κ3) is 6.64. The summed E-state index contributed by atoms with van der Waals surface area (Å²) in [4.78, 5) is 7.63. The van der Waals surface area contributed by atoms with Crippen molar-refractivity contribution in [1.82, 2.24) is 9.97 Å². The summed E-state index contributed by atoms with van der Waals surface area (Å²) in [5, 5.41) is 11.0. The van der Waals surface area contributed by atoms with Crippen molar-refractivity contribution in [3.63, 3.8) is 0 Å². The largest absolute Gasteiger partial charge is 0.421 e. The second kappa shape index (κ2) is 9.74. The molecule has 0 aliphatic carbocycles. The van der Waals surface area contributed by atoms with Gasteiger partial charge in [-0.1, -0.05) is 12.1 Å². The number of anilines is 3. The lowest BCUT2D eigenvalue weighted by Crippen LogP contribution is -2.16. The predicted octanol–water partition coefficient (Wildman–Crippen LogP) is 3.43. The zero-order valence-corrected chi connectivity index (χ0v) is 18.7. The monoisotopic (exact) mass is 497 g/mol. The van der Waals surface area contributed by atoms with Crippen LogP contribution in [0.5, 0.6) is 0 Å². The molecule has 0 spiro atoms. The van der Waals surface area contributed by atoms with Crippen LogP contribution in [0.2, 0.25) is 0 Å². The highest BCUT2D eigenvalue weighted by Gasteiger charge is 2.35. The van der Waals surface area contributed by atoms with Crippen LogP contribution in [0.4, 0.5) is 30.6 Å². The topological polar surface area (TPSA) is 127 Å². The highest BCUT2D eigenvalue weighted by Crippen LogP contribution is 2.34. The summed E-state index contributed by atoms with van der Waals surface area (Å²) >= 11 is 0. The van der Waals surface area contributed by atoms with E-state index in [1.807, 2.05) is 0 Å². The summed E-state index contributed by atoms with van der Waals surface area (Å²) in [6.45, 7) is 0.0967. The van der Waals surface area contributed by atoms with Gasteiger partial charge in [-0.15, -0.1) is 0 Å². The van der Waals surface area contributed by atoms with Crippen molar-refractivity contribution in [1.29, 1.82) is 0 Å². The number of primary sulfonamides is 1. The van der Waals surface area contributed by atoms with Gasteiger partial charge in [0.25, 0.3) is 0 Å². The summed E-state index contributed by atoms with van der Waals surface area (Å²) in [5.41, 5.74) is 0.165. The fourth-order valence-electron chi connectivity index (χ4n) is 2.80. The highest BCUT2D eigenvalue weighted by atomic mass is 32.2. The molecule has 0 saturated carbocycles. The first-order chi connectivity index (χ1) is 15.4. The molecule has 1 unspecified atom stereocenters. The Balaban J connectivity index is 1.74. The first kappa shape index (κ1) is 24.4. The zero-order chi connectivity index (χ0) is 24.2. The van der Waals surface area contributed by atoms with Gasteiger partial charge >= 0.3 is 6.18 Å². The first-order valence-electron chi connectivity index (χ1n) is 9.38. The van der Waals surface area contributed by atoms with E-state index in [1.54, 1.807) is 24.3 Å². The minimum absolute atomic E-state index is 0.0554. The van der Waals surface area contributed by atoms with E-state index in [1.165, 1.54) is 24.3 Å². The van der Waals surface area contributed by atoms with E-state index in [4.69, 9.17) is 5.14 Å². The molecule has 0 bridgehead atoms. The van der Waals surface area contributed by atoms with Crippen LogP contribution >= 0.6 is 7.42 Å². The standard InChI is InChI=1S/C20H19F3N5O3PS/c1-32(29)15-6-4-14(5-7-15)27-19-26-12-17(20(21,22)23)18(28-19)25-11-10-13-2-8-16(9-3-13)33(24,30)31/h2-9,12H,1,10-11H2,(H2,24,30,31)(H2,25,26,27,28). The molecule has 1 heterocycles. The van der Waals surface area contributed by atoms with E-state index in [-0.39, 0.29) is 17.4 Å². The van der Waals surface area contributed by atoms with Crippen molar-refractivity contribution in [2.75, 3.05) is 17.2 Å². The van der Waals surface area contributed by atoms with Gasteiger partial charge in [0, 0.05) is 23.7 Å². The molecule has 0 saturated heterocycles. The number of sulfonamides is 1. The molecule has 0 amide bonds. The Bertz CT molecular complexity index is 1300. The molecule has 2 aromatic carbocycles. The van der Waals surface area contributed by atoms with Crippen LogP contribution in [0.15, 0.2) is 59.6 Å². The van der Waals surface area contributed by atoms with E-state index in [0.717, 1.165) is 0 Å². The van der Waals surface area contributed by atoms with Crippen LogP contribution in [0.3, 0.4) is 0 Å². The molecule has 174 valence electrons. The van der Waals surface area contributed by atoms with Crippen molar-refractivity contribution < 1.29 is 26.2 Å². The fourth-order valence-corrected chi connectivity index (χ4v) is 3.79. The molecule has 1 atom stereocenters. The smallest absolute Gasteiger partial charge is 0.369 e. The number of aromatic nitrogens is 2. The molecule has 0 fully saturated rings. The summed E-state index contributed by atoms with van der Waals surface area (Å²) in [5.74, 6) is -0.464. The fraction of sp³-hybridized carbons (Fsp3) is 0.150. The maximum Gasteiger partial charge on any atom is 0.421 e. The number of halogens is 3. The number of alkyl halides is 3. The number of nitrogens with one attached hydrogen (secondary N) is 2. The molecule has 3 rings (SSSR count). The predicted molar refractivity (Wildman–Crippen MR) is 121 cm³/mol. The van der Waals surface area contributed by atoms with Gasteiger partial charge in [0.05, 0.1) is 4.90 Å². The Morgan fingerprint density at radius 1 is 1.06 bits per heavy atom. The summed E-state index contributed by atoms with van der Waals surface area (Å²) in [6, 6.07) is 12.1. The second-order valence-corrected chi connectivity index (χ2v) is 9.70. The molecule has 8 nitrogen and oxygen atoms in total. The lowest BCUT2D eigenvalue weighted by Gasteiger charge is -2.15. The summed E-state index contributed by atoms with van der Waals surface area (Å²) in [6.07, 6.45) is -0.233. The Labute approximate surface area is 188 Å². The van der Waals surface area contributed by atoms with E-state index in [0.29, 0.717) is 29.2 Å². The van der Waals surface area contributed by atoms with Crippen molar-refractivity contribution in [3.05, 3.63) is 65.9 Å². The molecule has 0 aliphatic rings. The number of nitrogens with zero attached hydrogens (tertiary/aromatic N) is 2. The third-order valence-electron chi connectivity index (χ3n) is 4.46. The van der Waals surface area contributed by atoms with Gasteiger partial charge in [0.15, 0.2) is 0 Å². The number of nitrogens with two attached hydrogens (primary N) is 1. The molecule has 3 aromatic rings. The van der Waals surface area contributed by atoms with Crippen LogP contribution in [0.1, 0.15) is 11.1 Å². The summed E-state index contributed by atoms with van der Waals surface area (Å²) in [7, 11) is -5.58. The van der Waals surface area contributed by atoms with Gasteiger partial charge in [-0.05, 0) is 54.7 Å². The van der Waals surface area contributed by atoms with Crippen LogP contribution in [0.25, 0.3) is 0 Å². The first-order valence-corrected chi connectivity index (χ1v) is 12.4. The van der Waals surface area contributed by atoms with Gasteiger partial charge < -0.3 is 10.6 Å². The lowest BCUT2D eigenvalue weighted by molar-refractivity contribution is -0.137. The quantitative estimate of drug-likeness (QED) is 0.407. The van der Waals surface area contributed by atoms with Crippen LogP contribution in [0, 0.1) is 0 Å². The van der Waals surface area contributed by atoms with Gasteiger partial charge in [-0.25, -0.2) is 18.5 Å². The molecule has 0 radical (unpaired) electrons. The average molecular weight is 497 g/mol. The Morgan fingerprint density at radius 3 is 2.24 bits per heavy atom. The van der Waals surface area contributed by atoms with Crippen molar-refractivity contribution in [2.45, 2.75) is 17.5 Å². The number of rotatable bonds is 8. The molecule has 13 heteroatoms. The maximum atomic E-state index is 13.4. The SMILES string of the molecule is C=P(=O)c1ccc(Nc2ncc(C(F)(F)F)c(NCCc3ccc(S(N)(=O)=O)cc3)n2)cc1. The second-order valence-electron chi connectivity index (χ2n) is 6.87. The van der Waals surface area contributed by atoms with Gasteiger partial charge in [-0.3, -0.25) is 4.57 Å². The van der Waals surface area contributed by atoms with E-state index < -0.39 is 35.0 Å². The molecular formula is C20H19F3N5O3PS. The van der Waals surface area contributed by atoms with E-state index in [2.05, 4.69) is 26.9 Å².